The number of aromatic nitrogens is 1. The average molecular weight is 211 g/mol. The van der Waals surface area contributed by atoms with Crippen LogP contribution in [0.5, 0.6) is 0 Å². The number of halogens is 4. The van der Waals surface area contributed by atoms with Gasteiger partial charge in [0.05, 0.1) is 0 Å². The van der Waals surface area contributed by atoms with Crippen molar-refractivity contribution in [1.82, 2.24) is 4.98 Å². The molecule has 0 amide bonds. The van der Waals surface area contributed by atoms with Gasteiger partial charge in [-0.15, -0.1) is 0 Å². The molecule has 0 bridgehead atoms. The van der Waals surface area contributed by atoms with E-state index >= 15 is 0 Å². The fourth-order valence-corrected chi connectivity index (χ4v) is 1.04. The third-order valence-corrected chi connectivity index (χ3v) is 1.79. The molecular weight excluding hydrogens is 205 g/mol. The van der Waals surface area contributed by atoms with Crippen LogP contribution >= 0.6 is 11.6 Å². The van der Waals surface area contributed by atoms with Gasteiger partial charge in [0.2, 0.25) is 0 Å². The van der Waals surface area contributed by atoms with Crippen molar-refractivity contribution >= 4 is 11.6 Å². The lowest BCUT2D eigenvalue weighted by molar-refractivity contribution is -0.149. The molecule has 1 rings (SSSR count). The van der Waals surface area contributed by atoms with Crippen LogP contribution in [0.4, 0.5) is 13.2 Å². The number of nitrogens with zero attached hydrogens (tertiary/aromatic N) is 1. The Morgan fingerprint density at radius 2 is 2.08 bits per heavy atom. The molecule has 0 aliphatic rings. The standard InChI is InChI=1S/C7H6ClF3N2/c8-6-4(2-1-3-13-6)5(12)7(9,10)11/h1-3,5H,12H2. The van der Waals surface area contributed by atoms with Crippen LogP contribution in [0.25, 0.3) is 0 Å². The maximum Gasteiger partial charge on any atom is 0.407 e. The van der Waals surface area contributed by atoms with Crippen molar-refractivity contribution in [3.05, 3.63) is 29.0 Å². The third-order valence-electron chi connectivity index (χ3n) is 1.48. The van der Waals surface area contributed by atoms with Gasteiger partial charge in [-0.25, -0.2) is 4.98 Å². The Bertz CT molecular complexity index is 300. The van der Waals surface area contributed by atoms with Crippen LogP contribution in [0.15, 0.2) is 18.3 Å². The highest BCUT2D eigenvalue weighted by Crippen LogP contribution is 2.32. The van der Waals surface area contributed by atoms with E-state index in [2.05, 4.69) is 4.98 Å². The van der Waals surface area contributed by atoms with E-state index in [0.29, 0.717) is 0 Å². The van der Waals surface area contributed by atoms with E-state index in [1.54, 1.807) is 0 Å². The molecule has 2 nitrogen and oxygen atoms in total. The van der Waals surface area contributed by atoms with Crippen molar-refractivity contribution in [1.29, 1.82) is 0 Å². The molecule has 72 valence electrons. The van der Waals surface area contributed by atoms with Crippen molar-refractivity contribution in [2.24, 2.45) is 5.73 Å². The molecule has 1 heterocycles. The zero-order valence-electron chi connectivity index (χ0n) is 6.35. The Morgan fingerprint density at radius 3 is 2.54 bits per heavy atom. The quantitative estimate of drug-likeness (QED) is 0.723. The smallest absolute Gasteiger partial charge is 0.316 e. The number of rotatable bonds is 1. The van der Waals surface area contributed by atoms with E-state index in [9.17, 15) is 13.2 Å². The van der Waals surface area contributed by atoms with Crippen LogP contribution in [0.1, 0.15) is 11.6 Å². The summed E-state index contributed by atoms with van der Waals surface area (Å²) < 4.78 is 36.3. The third kappa shape index (κ3) is 2.32. The highest BCUT2D eigenvalue weighted by Gasteiger charge is 2.39. The number of nitrogens with two attached hydrogens (primary N) is 1. The number of alkyl halides is 3. The molecule has 0 aliphatic carbocycles. The van der Waals surface area contributed by atoms with Crippen molar-refractivity contribution in [2.75, 3.05) is 0 Å². The molecular formula is C7H6ClF3N2. The maximum atomic E-state index is 12.1. The van der Waals surface area contributed by atoms with Crippen molar-refractivity contribution in [3.8, 4) is 0 Å². The van der Waals surface area contributed by atoms with E-state index in [4.69, 9.17) is 17.3 Å². The summed E-state index contributed by atoms with van der Waals surface area (Å²) in [5, 5.41) is -0.215. The topological polar surface area (TPSA) is 38.9 Å². The van der Waals surface area contributed by atoms with Crippen LogP contribution in [0, 0.1) is 0 Å². The van der Waals surface area contributed by atoms with Gasteiger partial charge in [-0.2, -0.15) is 13.2 Å². The molecule has 0 fully saturated rings. The number of pyridine rings is 1. The molecule has 0 saturated heterocycles. The lowest BCUT2D eigenvalue weighted by Crippen LogP contribution is -2.28. The molecule has 1 aromatic heterocycles. The molecule has 0 spiro atoms. The minimum Gasteiger partial charge on any atom is -0.316 e. The molecule has 0 saturated carbocycles. The molecule has 0 aromatic carbocycles. The fraction of sp³-hybridized carbons (Fsp3) is 0.286. The monoisotopic (exact) mass is 210 g/mol. The van der Waals surface area contributed by atoms with Crippen molar-refractivity contribution < 1.29 is 13.2 Å². The van der Waals surface area contributed by atoms with Gasteiger partial charge in [-0.05, 0) is 6.07 Å². The lowest BCUT2D eigenvalue weighted by atomic mass is 10.1. The van der Waals surface area contributed by atoms with Crippen LogP contribution < -0.4 is 5.73 Å². The minimum absolute atomic E-state index is 0.211. The van der Waals surface area contributed by atoms with E-state index in [-0.39, 0.29) is 10.7 Å². The first-order valence-corrected chi connectivity index (χ1v) is 3.73. The predicted octanol–water partition coefficient (Wildman–Crippen LogP) is 2.30. The van der Waals surface area contributed by atoms with Gasteiger partial charge >= 0.3 is 6.18 Å². The summed E-state index contributed by atoms with van der Waals surface area (Å²) in [5.41, 5.74) is 4.71. The van der Waals surface area contributed by atoms with Gasteiger partial charge in [0.25, 0.3) is 0 Å². The summed E-state index contributed by atoms with van der Waals surface area (Å²) in [6.45, 7) is 0. The summed E-state index contributed by atoms with van der Waals surface area (Å²) in [4.78, 5) is 3.50. The summed E-state index contributed by atoms with van der Waals surface area (Å²) in [6.07, 6.45) is -3.19. The molecule has 1 unspecified atom stereocenters. The molecule has 1 aromatic rings. The van der Waals surface area contributed by atoms with Gasteiger partial charge in [0.15, 0.2) is 0 Å². The first kappa shape index (κ1) is 10.3. The van der Waals surface area contributed by atoms with Gasteiger partial charge in [-0.1, -0.05) is 17.7 Å². The average Bonchev–Trinajstić information content (AvgIpc) is 2.02. The zero-order chi connectivity index (χ0) is 10.1. The lowest BCUT2D eigenvalue weighted by Gasteiger charge is -2.15. The SMILES string of the molecule is NC(c1cccnc1Cl)C(F)(F)F. The highest BCUT2D eigenvalue weighted by atomic mass is 35.5. The molecule has 1 atom stereocenters. The van der Waals surface area contributed by atoms with Crippen LogP contribution in [-0.4, -0.2) is 11.2 Å². The van der Waals surface area contributed by atoms with Gasteiger partial charge in [0, 0.05) is 11.8 Å². The Morgan fingerprint density at radius 1 is 1.46 bits per heavy atom. The van der Waals surface area contributed by atoms with E-state index in [1.165, 1.54) is 18.3 Å². The van der Waals surface area contributed by atoms with Gasteiger partial charge in [0.1, 0.15) is 11.2 Å². The van der Waals surface area contributed by atoms with E-state index in [0.717, 1.165) is 0 Å². The maximum absolute atomic E-state index is 12.1. The second-order valence-electron chi connectivity index (χ2n) is 2.40. The van der Waals surface area contributed by atoms with Crippen molar-refractivity contribution in [2.45, 2.75) is 12.2 Å². The summed E-state index contributed by atoms with van der Waals surface area (Å²) in [5.74, 6) is 0. The van der Waals surface area contributed by atoms with E-state index < -0.39 is 12.2 Å². The molecule has 2 N–H and O–H groups in total. The zero-order valence-corrected chi connectivity index (χ0v) is 7.10. The molecule has 13 heavy (non-hydrogen) atoms. The second-order valence-corrected chi connectivity index (χ2v) is 2.76. The Labute approximate surface area is 77.5 Å². The van der Waals surface area contributed by atoms with E-state index in [1.807, 2.05) is 0 Å². The Balaban J connectivity index is 3.02. The van der Waals surface area contributed by atoms with Crippen LogP contribution in [0.2, 0.25) is 5.15 Å². The first-order chi connectivity index (χ1) is 5.93. The first-order valence-electron chi connectivity index (χ1n) is 3.35. The normalized spacial score (nSPS) is 14.2. The highest BCUT2D eigenvalue weighted by molar-refractivity contribution is 6.30. The number of hydrogen-bond acceptors (Lipinski definition) is 2. The predicted molar refractivity (Wildman–Crippen MR) is 42.2 cm³/mol. The molecule has 0 radical (unpaired) electrons. The second kappa shape index (κ2) is 3.51. The summed E-state index contributed by atoms with van der Waals surface area (Å²) >= 11 is 5.43. The van der Waals surface area contributed by atoms with Gasteiger partial charge < -0.3 is 5.73 Å². The van der Waals surface area contributed by atoms with Gasteiger partial charge in [-0.3, -0.25) is 0 Å². The molecule has 6 heteroatoms. The Kier molecular flexibility index (Phi) is 2.77. The van der Waals surface area contributed by atoms with Crippen molar-refractivity contribution in [3.63, 3.8) is 0 Å². The summed E-state index contributed by atoms with van der Waals surface area (Å²) in [7, 11) is 0. The number of hydrogen-bond donors (Lipinski definition) is 1. The minimum atomic E-state index is -4.49. The summed E-state index contributed by atoms with van der Waals surface area (Å²) in [6, 6.07) is 0.481. The fourth-order valence-electron chi connectivity index (χ4n) is 0.807. The Hall–Kier alpha value is -0.810. The molecule has 0 aliphatic heterocycles. The largest absolute Gasteiger partial charge is 0.407 e. The van der Waals surface area contributed by atoms with Crippen LogP contribution in [0.3, 0.4) is 0 Å². The van der Waals surface area contributed by atoms with Crippen LogP contribution in [-0.2, 0) is 0 Å².